The van der Waals surface area contributed by atoms with Crippen LogP contribution < -0.4 is 0 Å². The molecule has 8 rings (SSSR count). The van der Waals surface area contributed by atoms with Crippen LogP contribution in [0.4, 0.5) is 0 Å². The average molecular weight is 1290 g/mol. The second kappa shape index (κ2) is 44.3. The van der Waals surface area contributed by atoms with Gasteiger partial charge in [0.05, 0.1) is 48.7 Å². The normalized spacial score (nSPS) is 10.9. The quantitative estimate of drug-likeness (QED) is 0.0307. The number of nitrogens with zero attached hydrogens (tertiary/aromatic N) is 8. The second-order valence-electron chi connectivity index (χ2n) is 18.4. The van der Waals surface area contributed by atoms with Crippen molar-refractivity contribution in [2.45, 2.75) is 60.3 Å². The number of halogens is 1. The van der Waals surface area contributed by atoms with Gasteiger partial charge in [0.25, 0.3) is 0 Å². The lowest BCUT2D eigenvalue weighted by atomic mass is 10.1. The lowest BCUT2D eigenvalue weighted by Crippen LogP contribution is -1.94. The van der Waals surface area contributed by atoms with Crippen molar-refractivity contribution in [1.29, 1.82) is 0 Å². The first-order valence-corrected chi connectivity index (χ1v) is 27.3. The number of benzene rings is 8. The number of para-hydroxylation sites is 2. The maximum Gasteiger partial charge on any atom is 0.128 e. The highest BCUT2D eigenvalue weighted by Gasteiger charge is 2.07. The highest BCUT2D eigenvalue weighted by Crippen LogP contribution is 2.25. The Morgan fingerprint density at radius 1 is 0.359 bits per heavy atom. The van der Waals surface area contributed by atoms with E-state index in [-0.39, 0.29) is 57.5 Å². The number of unbranched alkanes of at least 4 members (excludes halogenated alkanes) is 1. The Bertz CT molecular complexity index is 3710. The van der Waals surface area contributed by atoms with E-state index in [0.717, 1.165) is 60.9 Å². The van der Waals surface area contributed by atoms with Crippen molar-refractivity contribution in [2.75, 3.05) is 0 Å². The number of aromatic hydroxyl groups is 10. The van der Waals surface area contributed by atoms with Gasteiger partial charge in [-0.15, -0.1) is 0 Å². The maximum absolute atomic E-state index is 9.39. The molecule has 0 heterocycles. The molecule has 0 radical (unpaired) electrons. The van der Waals surface area contributed by atoms with E-state index in [0.29, 0.717) is 61.0 Å². The van der Waals surface area contributed by atoms with E-state index in [9.17, 15) is 20.4 Å². The van der Waals surface area contributed by atoms with Gasteiger partial charge in [0.2, 0.25) is 0 Å². The maximum atomic E-state index is 9.39. The van der Waals surface area contributed by atoms with Crippen molar-refractivity contribution in [3.05, 3.63) is 224 Å². The zero-order valence-corrected chi connectivity index (χ0v) is 51.1. The smallest absolute Gasteiger partial charge is 0.128 e. The molecular formula is C65H73ClN8O18. The highest BCUT2D eigenvalue weighted by atomic mass is 35.5. The van der Waals surface area contributed by atoms with Crippen LogP contribution >= 0.6 is 11.6 Å². The number of oxime groups is 8. The minimum absolute atomic E-state index is 0.0259. The molecule has 0 atom stereocenters. The average Bonchev–Trinajstić information content (AvgIpc) is 2.31. The highest BCUT2D eigenvalue weighted by molar-refractivity contribution is 6.31. The Labute approximate surface area is 533 Å². The minimum atomic E-state index is -0.122. The van der Waals surface area contributed by atoms with Crippen LogP contribution in [0.5, 0.6) is 57.5 Å². The van der Waals surface area contributed by atoms with Crippen LogP contribution in [0.2, 0.25) is 5.02 Å². The summed E-state index contributed by atoms with van der Waals surface area (Å²) in [5, 5.41) is 180. The molecule has 0 aliphatic carbocycles. The summed E-state index contributed by atoms with van der Waals surface area (Å²) < 4.78 is 0. The van der Waals surface area contributed by atoms with E-state index >= 15 is 0 Å². The van der Waals surface area contributed by atoms with Crippen LogP contribution in [-0.4, -0.2) is 141 Å². The molecule has 92 heavy (non-hydrogen) atoms. The zero-order chi connectivity index (χ0) is 69.0. The fourth-order valence-corrected chi connectivity index (χ4v) is 7.08. The van der Waals surface area contributed by atoms with E-state index in [1.807, 2.05) is 32.0 Å². The first kappa shape index (κ1) is 77.8. The fourth-order valence-electron chi connectivity index (χ4n) is 6.90. The predicted octanol–water partition coefficient (Wildman–Crippen LogP) is 12.7. The van der Waals surface area contributed by atoms with Gasteiger partial charge in [-0.25, -0.2) is 0 Å². The molecule has 0 aromatic heterocycles. The number of phenols is 10. The molecule has 0 saturated heterocycles. The van der Waals surface area contributed by atoms with Gasteiger partial charge in [-0.05, 0) is 154 Å². The summed E-state index contributed by atoms with van der Waals surface area (Å²) >= 11 is 5.60. The Hall–Kier alpha value is -12.2. The van der Waals surface area contributed by atoms with E-state index < -0.39 is 0 Å². The molecule has 0 fully saturated rings. The molecule has 0 aliphatic rings. The third kappa shape index (κ3) is 29.9. The molecule has 0 aliphatic heterocycles. The summed E-state index contributed by atoms with van der Waals surface area (Å²) in [5.74, 6) is 0.379. The molecule has 0 amide bonds. The van der Waals surface area contributed by atoms with Gasteiger partial charge < -0.3 is 92.7 Å². The van der Waals surface area contributed by atoms with Gasteiger partial charge in [-0.2, -0.15) is 0 Å². The van der Waals surface area contributed by atoms with Gasteiger partial charge in [-0.3, -0.25) is 0 Å². The van der Waals surface area contributed by atoms with Crippen molar-refractivity contribution in [2.24, 2.45) is 41.2 Å². The molecule has 26 nitrogen and oxygen atoms in total. The van der Waals surface area contributed by atoms with Crippen LogP contribution in [0.15, 0.2) is 199 Å². The third-order valence-electron chi connectivity index (χ3n) is 11.7. The number of phenolic OH excluding ortho intramolecular Hbond substituents is 10. The first-order valence-electron chi connectivity index (χ1n) is 27.0. The molecule has 8 aromatic rings. The van der Waals surface area contributed by atoms with Gasteiger partial charge in [0, 0.05) is 61.7 Å². The second-order valence-corrected chi connectivity index (χ2v) is 18.8. The summed E-state index contributed by atoms with van der Waals surface area (Å²) in [7, 11) is 0. The van der Waals surface area contributed by atoms with Gasteiger partial charge in [0.1, 0.15) is 57.5 Å². The Morgan fingerprint density at radius 3 is 1.20 bits per heavy atom. The van der Waals surface area contributed by atoms with E-state index in [1.54, 1.807) is 98.8 Å². The Morgan fingerprint density at radius 2 is 0.739 bits per heavy atom. The standard InChI is InChI=1S/C11H15NO2.C9H11NO2.C8H9NO3.2C8H9NO2.C7H6ClNO2.C7H7NO3.C7H7NO2/c1-2-3-4-9-5-6-11(13)10(7-9)8-12-14;1-2-7-3-4-9(11)8(5-7)6-10-12;1-5(9-12)7-3-2-6(10)4-8(7)11;1-6-2-3-8(10)7(4-6)5-9-11;1-6(9-11)7-4-2-3-5-8(7)10;8-6-1-2-7(10)5(3-6)4-9-11;9-6-2-1-5(4-8-11)7(10)3-6;9-7-4-2-1-3-6(7)5-8-10/h5-8,13-14H,2-4H2,1H3;3-6,11-12H,2H2,1H3;2-4,10-12H,1H3;2*2-5,10-11H,1H3;1-4,10-11H;1-4,9-11H;1-5,9-10H/b12-8+;10-6+;2*9-5+;9-6+;9-4+;8-4+;8-5+. The first-order chi connectivity index (χ1) is 44.0. The van der Waals surface area contributed by atoms with Gasteiger partial charge >= 0.3 is 0 Å². The molecule has 0 bridgehead atoms. The number of hydrogen-bond donors (Lipinski definition) is 18. The summed E-state index contributed by atoms with van der Waals surface area (Å²) in [6.07, 6.45) is 11.2. The van der Waals surface area contributed by atoms with Crippen molar-refractivity contribution in [3.8, 4) is 57.5 Å². The van der Waals surface area contributed by atoms with Crippen LogP contribution in [0, 0.1) is 6.92 Å². The van der Waals surface area contributed by atoms with E-state index in [1.165, 1.54) is 73.4 Å². The minimum Gasteiger partial charge on any atom is -0.508 e. The Kier molecular flexibility index (Phi) is 37.5. The van der Waals surface area contributed by atoms with Crippen molar-refractivity contribution in [1.82, 2.24) is 0 Å². The number of aryl methyl sites for hydroxylation is 3. The largest absolute Gasteiger partial charge is 0.508 e. The summed E-state index contributed by atoms with van der Waals surface area (Å²) in [4.78, 5) is 0. The number of hydrogen-bond acceptors (Lipinski definition) is 26. The summed E-state index contributed by atoms with van der Waals surface area (Å²) in [6.45, 7) is 9.22. The van der Waals surface area contributed by atoms with Crippen LogP contribution in [0.25, 0.3) is 0 Å². The van der Waals surface area contributed by atoms with Crippen molar-refractivity contribution in [3.63, 3.8) is 0 Å². The van der Waals surface area contributed by atoms with Gasteiger partial charge in [0.15, 0.2) is 0 Å². The third-order valence-corrected chi connectivity index (χ3v) is 11.9. The van der Waals surface area contributed by atoms with Crippen molar-refractivity contribution < 1.29 is 92.7 Å². The Balaban J connectivity index is 0.000000527. The number of rotatable bonds is 12. The zero-order valence-electron chi connectivity index (χ0n) is 50.3. The summed E-state index contributed by atoms with van der Waals surface area (Å²) in [6, 6.07) is 41.5. The SMILES string of the molecule is C/C(=N\O)c1ccc(O)cc1O.C/C(=N\O)c1ccccc1O.CCCCc1ccc(O)c(/C=N/O)c1.CCc1ccc(O)c(/C=N/O)c1.Cc1ccc(O)c(/C=N/O)c1.O/N=C/c1cc(Cl)ccc1O.O/N=C/c1ccc(O)cc1O.O/N=C/c1ccccc1O. The van der Waals surface area contributed by atoms with Gasteiger partial charge in [-0.1, -0.05) is 121 Å². The van der Waals surface area contributed by atoms with Crippen LogP contribution in [0.1, 0.15) is 102 Å². The fraction of sp³-hybridized carbons (Fsp3) is 0.138. The lowest BCUT2D eigenvalue weighted by Gasteiger charge is -2.03. The monoisotopic (exact) mass is 1290 g/mol. The summed E-state index contributed by atoms with van der Waals surface area (Å²) in [5.41, 5.74) is 7.78. The predicted molar refractivity (Wildman–Crippen MR) is 350 cm³/mol. The van der Waals surface area contributed by atoms with E-state index in [4.69, 9.17) is 83.9 Å². The molecule has 18 N–H and O–H groups in total. The van der Waals surface area contributed by atoms with Crippen LogP contribution in [0.3, 0.4) is 0 Å². The molecular weight excluding hydrogens is 1220 g/mol. The molecule has 0 saturated carbocycles. The molecule has 27 heteroatoms. The molecule has 0 spiro atoms. The molecule has 8 aromatic carbocycles. The van der Waals surface area contributed by atoms with E-state index in [2.05, 4.69) is 48.2 Å². The topological polar surface area (TPSA) is 463 Å². The van der Waals surface area contributed by atoms with Crippen molar-refractivity contribution >= 4 is 60.3 Å². The lowest BCUT2D eigenvalue weighted by molar-refractivity contribution is 0.318. The molecule has 488 valence electrons. The van der Waals surface area contributed by atoms with Crippen LogP contribution in [-0.2, 0) is 12.8 Å². The molecule has 0 unspecified atom stereocenters.